The molecule has 3 rings (SSSR count). The highest BCUT2D eigenvalue weighted by Gasteiger charge is 2.23. The van der Waals surface area contributed by atoms with Crippen molar-refractivity contribution in [3.05, 3.63) is 35.5 Å². The lowest BCUT2D eigenvalue weighted by atomic mass is 10.3. The molecule has 1 saturated heterocycles. The van der Waals surface area contributed by atoms with E-state index in [1.807, 2.05) is 18.2 Å². The summed E-state index contributed by atoms with van der Waals surface area (Å²) in [5.74, 6) is 0.589. The molecule has 114 valence electrons. The number of nitrogens with zero attached hydrogens (tertiary/aromatic N) is 4. The van der Waals surface area contributed by atoms with E-state index in [9.17, 15) is 9.59 Å². The number of piperazine rings is 1. The Kier molecular flexibility index (Phi) is 4.29. The molecule has 3 heterocycles. The zero-order valence-electron chi connectivity index (χ0n) is 11.8. The van der Waals surface area contributed by atoms with Crippen LogP contribution in [0.5, 0.6) is 0 Å². The summed E-state index contributed by atoms with van der Waals surface area (Å²) in [6.45, 7) is 2.22. The molecule has 0 spiro atoms. The molecule has 1 aliphatic heterocycles. The Morgan fingerprint density at radius 1 is 1.27 bits per heavy atom. The summed E-state index contributed by atoms with van der Waals surface area (Å²) < 4.78 is 0. The summed E-state index contributed by atoms with van der Waals surface area (Å²) in [7, 11) is 0. The van der Waals surface area contributed by atoms with Crippen LogP contribution >= 0.6 is 11.3 Å². The summed E-state index contributed by atoms with van der Waals surface area (Å²) in [4.78, 5) is 34.9. The van der Waals surface area contributed by atoms with Crippen LogP contribution in [-0.4, -0.2) is 58.3 Å². The van der Waals surface area contributed by atoms with Gasteiger partial charge in [0.1, 0.15) is 11.5 Å². The molecule has 0 atom stereocenters. The first kappa shape index (κ1) is 14.5. The van der Waals surface area contributed by atoms with Crippen LogP contribution < -0.4 is 5.32 Å². The summed E-state index contributed by atoms with van der Waals surface area (Å²) >= 11 is 1.37. The first-order valence-corrected chi connectivity index (χ1v) is 7.76. The monoisotopic (exact) mass is 317 g/mol. The molecule has 0 saturated carbocycles. The van der Waals surface area contributed by atoms with Crippen molar-refractivity contribution >= 4 is 34.6 Å². The molecule has 22 heavy (non-hydrogen) atoms. The number of rotatable bonds is 4. The van der Waals surface area contributed by atoms with Crippen molar-refractivity contribution in [1.82, 2.24) is 19.8 Å². The molecule has 7 nitrogen and oxygen atoms in total. The van der Waals surface area contributed by atoms with Crippen molar-refractivity contribution in [3.8, 4) is 0 Å². The van der Waals surface area contributed by atoms with E-state index in [-0.39, 0.29) is 5.91 Å². The fraction of sp³-hybridized carbons (Fsp3) is 0.286. The maximum atomic E-state index is 12.4. The number of carbonyl (C=O) groups is 2. The molecule has 2 aromatic rings. The third-order valence-corrected chi connectivity index (χ3v) is 4.13. The second-order valence-corrected chi connectivity index (χ2v) is 5.67. The SMILES string of the molecule is O=CN1CCN(C(=O)c2csc(Nc3ccccn3)n2)CC1. The zero-order chi connectivity index (χ0) is 15.4. The molecule has 8 heteroatoms. The van der Waals surface area contributed by atoms with E-state index in [4.69, 9.17) is 0 Å². The van der Waals surface area contributed by atoms with Crippen molar-refractivity contribution in [3.63, 3.8) is 0 Å². The van der Waals surface area contributed by atoms with E-state index in [1.165, 1.54) is 11.3 Å². The minimum absolute atomic E-state index is 0.101. The van der Waals surface area contributed by atoms with Gasteiger partial charge in [0.2, 0.25) is 6.41 Å². The molecule has 0 aliphatic carbocycles. The van der Waals surface area contributed by atoms with Crippen LogP contribution in [0.25, 0.3) is 0 Å². The summed E-state index contributed by atoms with van der Waals surface area (Å²) in [6.07, 6.45) is 2.51. The number of hydrogen-bond donors (Lipinski definition) is 1. The Labute approximate surface area is 131 Å². The second-order valence-electron chi connectivity index (χ2n) is 4.81. The number of pyridine rings is 1. The lowest BCUT2D eigenvalue weighted by Gasteiger charge is -2.32. The lowest BCUT2D eigenvalue weighted by molar-refractivity contribution is -0.119. The molecule has 2 amide bonds. The minimum Gasteiger partial charge on any atom is -0.342 e. The number of aromatic nitrogens is 2. The Bertz CT molecular complexity index is 652. The van der Waals surface area contributed by atoms with Crippen molar-refractivity contribution in [2.75, 3.05) is 31.5 Å². The van der Waals surface area contributed by atoms with Crippen molar-refractivity contribution < 1.29 is 9.59 Å². The molecule has 0 unspecified atom stereocenters. The van der Waals surface area contributed by atoms with Gasteiger partial charge < -0.3 is 15.1 Å². The van der Waals surface area contributed by atoms with E-state index in [0.29, 0.717) is 42.8 Å². The number of nitrogens with one attached hydrogen (secondary N) is 1. The molecule has 1 fully saturated rings. The maximum absolute atomic E-state index is 12.4. The maximum Gasteiger partial charge on any atom is 0.273 e. The zero-order valence-corrected chi connectivity index (χ0v) is 12.6. The first-order chi connectivity index (χ1) is 10.8. The van der Waals surface area contributed by atoms with Gasteiger partial charge in [0.25, 0.3) is 5.91 Å². The Morgan fingerprint density at radius 3 is 2.77 bits per heavy atom. The third-order valence-electron chi connectivity index (χ3n) is 3.37. The largest absolute Gasteiger partial charge is 0.342 e. The first-order valence-electron chi connectivity index (χ1n) is 6.88. The standard InChI is InChI=1S/C14H15N5O2S/c20-10-18-5-7-19(8-6-18)13(21)11-9-22-14(16-11)17-12-3-1-2-4-15-12/h1-4,9-10H,5-8H2,(H,15,16,17). The normalized spacial score (nSPS) is 14.7. The second kappa shape index (κ2) is 6.52. The van der Waals surface area contributed by atoms with Crippen LogP contribution in [0.2, 0.25) is 0 Å². The topological polar surface area (TPSA) is 78.4 Å². The van der Waals surface area contributed by atoms with Gasteiger partial charge in [0.15, 0.2) is 5.13 Å². The number of hydrogen-bond acceptors (Lipinski definition) is 6. The summed E-state index contributed by atoms with van der Waals surface area (Å²) in [5.41, 5.74) is 0.419. The summed E-state index contributed by atoms with van der Waals surface area (Å²) in [5, 5.41) is 5.44. The van der Waals surface area contributed by atoms with Gasteiger partial charge in [-0.2, -0.15) is 0 Å². The highest BCUT2D eigenvalue weighted by molar-refractivity contribution is 7.14. The lowest BCUT2D eigenvalue weighted by Crippen LogP contribution is -2.48. The van der Waals surface area contributed by atoms with Gasteiger partial charge >= 0.3 is 0 Å². The molecule has 0 bridgehead atoms. The van der Waals surface area contributed by atoms with E-state index in [0.717, 1.165) is 6.41 Å². The highest BCUT2D eigenvalue weighted by atomic mass is 32.1. The van der Waals surface area contributed by atoms with Crippen LogP contribution in [0.1, 0.15) is 10.5 Å². The number of carbonyl (C=O) groups excluding carboxylic acids is 2. The predicted molar refractivity (Wildman–Crippen MR) is 83.2 cm³/mol. The molecule has 1 N–H and O–H groups in total. The Morgan fingerprint density at radius 2 is 2.09 bits per heavy atom. The predicted octanol–water partition coefficient (Wildman–Crippen LogP) is 1.20. The van der Waals surface area contributed by atoms with Gasteiger partial charge in [0.05, 0.1) is 0 Å². The molecule has 0 aromatic carbocycles. The van der Waals surface area contributed by atoms with Crippen LogP contribution in [0.3, 0.4) is 0 Å². The summed E-state index contributed by atoms with van der Waals surface area (Å²) in [6, 6.07) is 5.55. The van der Waals surface area contributed by atoms with Gasteiger partial charge in [0, 0.05) is 37.8 Å². The van der Waals surface area contributed by atoms with E-state index >= 15 is 0 Å². The van der Waals surface area contributed by atoms with E-state index in [1.54, 1.807) is 21.4 Å². The number of anilines is 2. The fourth-order valence-corrected chi connectivity index (χ4v) is 2.86. The Balaban J connectivity index is 1.63. The van der Waals surface area contributed by atoms with Gasteiger partial charge in [-0.25, -0.2) is 9.97 Å². The fourth-order valence-electron chi connectivity index (χ4n) is 2.17. The van der Waals surface area contributed by atoms with Crippen LogP contribution in [-0.2, 0) is 4.79 Å². The molecule has 2 aromatic heterocycles. The van der Waals surface area contributed by atoms with Gasteiger partial charge in [-0.1, -0.05) is 6.07 Å². The van der Waals surface area contributed by atoms with E-state index < -0.39 is 0 Å². The minimum atomic E-state index is -0.101. The molecule has 1 aliphatic rings. The quantitative estimate of drug-likeness (QED) is 0.857. The average molecular weight is 317 g/mol. The van der Waals surface area contributed by atoms with Crippen molar-refractivity contribution in [2.24, 2.45) is 0 Å². The molecular formula is C14H15N5O2S. The highest BCUT2D eigenvalue weighted by Crippen LogP contribution is 2.20. The Hall–Kier alpha value is -2.48. The van der Waals surface area contributed by atoms with Gasteiger partial charge in [-0.05, 0) is 12.1 Å². The van der Waals surface area contributed by atoms with E-state index in [2.05, 4.69) is 15.3 Å². The number of amides is 2. The average Bonchev–Trinajstić information content (AvgIpc) is 3.04. The van der Waals surface area contributed by atoms with Gasteiger partial charge in [-0.3, -0.25) is 9.59 Å². The number of thiazole rings is 1. The molecular weight excluding hydrogens is 302 g/mol. The smallest absolute Gasteiger partial charge is 0.273 e. The van der Waals surface area contributed by atoms with Crippen LogP contribution in [0, 0.1) is 0 Å². The van der Waals surface area contributed by atoms with Gasteiger partial charge in [-0.15, -0.1) is 11.3 Å². The van der Waals surface area contributed by atoms with Crippen molar-refractivity contribution in [1.29, 1.82) is 0 Å². The van der Waals surface area contributed by atoms with Crippen LogP contribution in [0.15, 0.2) is 29.8 Å². The molecule has 0 radical (unpaired) electrons. The van der Waals surface area contributed by atoms with Crippen LogP contribution in [0.4, 0.5) is 10.9 Å². The third kappa shape index (κ3) is 3.22. The van der Waals surface area contributed by atoms with Crippen molar-refractivity contribution in [2.45, 2.75) is 0 Å².